The zero-order valence-electron chi connectivity index (χ0n) is 15.7. The number of carbonyl (C=O) groups excluding carboxylic acids is 1. The van der Waals surface area contributed by atoms with E-state index >= 15 is 0 Å². The summed E-state index contributed by atoms with van der Waals surface area (Å²) in [7, 11) is 1.40. The Morgan fingerprint density at radius 2 is 1.38 bits per heavy atom. The fraction of sp³-hybridized carbons (Fsp3) is 0.952. The highest BCUT2D eigenvalue weighted by Crippen LogP contribution is 2.56. The van der Waals surface area contributed by atoms with E-state index in [0.717, 1.165) is 30.6 Å². The lowest BCUT2D eigenvalue weighted by Crippen LogP contribution is -2.43. The average Bonchev–Trinajstić information content (AvgIpc) is 2.63. The summed E-state index contributed by atoms with van der Waals surface area (Å²) in [5.41, 5.74) is 0.606. The summed E-state index contributed by atoms with van der Waals surface area (Å²) in [6, 6.07) is 0. The van der Waals surface area contributed by atoms with Gasteiger partial charge in [0.05, 0.1) is 7.11 Å². The van der Waals surface area contributed by atoms with Crippen LogP contribution < -0.4 is 0 Å². The van der Waals surface area contributed by atoms with E-state index in [4.69, 9.17) is 4.74 Å². The number of carbonyl (C=O) groups is 1. The predicted molar refractivity (Wildman–Crippen MR) is 95.9 cm³/mol. The SMILES string of the molecule is COC(=O)OC1CCC(C2(C3CCC(C)CC3)CCCCC2)CC1. The van der Waals surface area contributed by atoms with E-state index in [-0.39, 0.29) is 6.10 Å². The first-order valence-electron chi connectivity index (χ1n) is 10.4. The molecule has 0 aromatic heterocycles. The van der Waals surface area contributed by atoms with Crippen LogP contribution in [0.4, 0.5) is 4.79 Å². The second kappa shape index (κ2) is 8.10. The Morgan fingerprint density at radius 3 is 1.92 bits per heavy atom. The van der Waals surface area contributed by atoms with Crippen LogP contribution in [0.15, 0.2) is 0 Å². The van der Waals surface area contributed by atoms with Gasteiger partial charge in [0, 0.05) is 0 Å². The van der Waals surface area contributed by atoms with Crippen LogP contribution in [0.1, 0.15) is 90.4 Å². The van der Waals surface area contributed by atoms with Crippen LogP contribution in [0.5, 0.6) is 0 Å². The third kappa shape index (κ3) is 3.91. The van der Waals surface area contributed by atoms with E-state index < -0.39 is 6.16 Å². The lowest BCUT2D eigenvalue weighted by molar-refractivity contribution is -0.0442. The average molecular weight is 337 g/mol. The van der Waals surface area contributed by atoms with Crippen molar-refractivity contribution in [2.75, 3.05) is 7.11 Å². The molecule has 3 aliphatic carbocycles. The van der Waals surface area contributed by atoms with Crippen LogP contribution in [-0.2, 0) is 9.47 Å². The van der Waals surface area contributed by atoms with Gasteiger partial charge in [-0.2, -0.15) is 0 Å². The monoisotopic (exact) mass is 336 g/mol. The van der Waals surface area contributed by atoms with Gasteiger partial charge in [-0.25, -0.2) is 4.79 Å². The minimum Gasteiger partial charge on any atom is -0.438 e. The molecule has 24 heavy (non-hydrogen) atoms. The molecule has 0 aliphatic heterocycles. The minimum absolute atomic E-state index is 0.0840. The molecule has 0 spiro atoms. The van der Waals surface area contributed by atoms with E-state index in [1.807, 2.05) is 0 Å². The molecule has 3 fully saturated rings. The highest BCUT2D eigenvalue weighted by atomic mass is 16.7. The van der Waals surface area contributed by atoms with Crippen molar-refractivity contribution >= 4 is 6.16 Å². The lowest BCUT2D eigenvalue weighted by atomic mass is 9.53. The Morgan fingerprint density at radius 1 is 0.833 bits per heavy atom. The second-order valence-corrected chi connectivity index (χ2v) is 8.80. The molecule has 0 radical (unpaired) electrons. The van der Waals surface area contributed by atoms with Crippen molar-refractivity contribution in [3.63, 3.8) is 0 Å². The van der Waals surface area contributed by atoms with Gasteiger partial charge in [0.25, 0.3) is 0 Å². The number of hydrogen-bond acceptors (Lipinski definition) is 3. The molecule has 138 valence electrons. The van der Waals surface area contributed by atoms with Crippen molar-refractivity contribution in [1.29, 1.82) is 0 Å². The molecule has 0 amide bonds. The maximum absolute atomic E-state index is 11.4. The van der Waals surface area contributed by atoms with Crippen molar-refractivity contribution in [2.24, 2.45) is 23.2 Å². The number of ether oxygens (including phenoxy) is 2. The van der Waals surface area contributed by atoms with Gasteiger partial charge in [-0.3, -0.25) is 0 Å². The van der Waals surface area contributed by atoms with Crippen LogP contribution in [0.3, 0.4) is 0 Å². The summed E-state index contributed by atoms with van der Waals surface area (Å²) >= 11 is 0. The molecule has 3 aliphatic rings. The first-order valence-corrected chi connectivity index (χ1v) is 10.4. The quantitative estimate of drug-likeness (QED) is 0.584. The Balaban J connectivity index is 1.63. The molecule has 0 aromatic rings. The molecule has 3 saturated carbocycles. The summed E-state index contributed by atoms with van der Waals surface area (Å²) in [5.74, 6) is 2.75. The van der Waals surface area contributed by atoms with Crippen molar-refractivity contribution in [1.82, 2.24) is 0 Å². The second-order valence-electron chi connectivity index (χ2n) is 8.80. The smallest absolute Gasteiger partial charge is 0.438 e. The molecule has 0 aromatic carbocycles. The Labute approximate surface area is 147 Å². The molecule has 3 nitrogen and oxygen atoms in total. The molecular formula is C21H36O3. The van der Waals surface area contributed by atoms with E-state index in [0.29, 0.717) is 5.41 Å². The number of methoxy groups -OCH3 is 1. The summed E-state index contributed by atoms with van der Waals surface area (Å²) in [4.78, 5) is 11.4. The topological polar surface area (TPSA) is 35.5 Å². The van der Waals surface area contributed by atoms with Gasteiger partial charge >= 0.3 is 6.16 Å². The van der Waals surface area contributed by atoms with Crippen LogP contribution in [0.2, 0.25) is 0 Å². The van der Waals surface area contributed by atoms with Gasteiger partial charge in [0.15, 0.2) is 0 Å². The normalized spacial score (nSPS) is 36.8. The lowest BCUT2D eigenvalue weighted by Gasteiger charge is -2.52. The predicted octanol–water partition coefficient (Wildman–Crippen LogP) is 6.11. The maximum atomic E-state index is 11.4. The van der Waals surface area contributed by atoms with Crippen molar-refractivity contribution in [3.8, 4) is 0 Å². The molecule has 0 unspecified atom stereocenters. The van der Waals surface area contributed by atoms with E-state index in [2.05, 4.69) is 11.7 Å². The molecule has 3 heteroatoms. The summed E-state index contributed by atoms with van der Waals surface area (Å²) in [6.45, 7) is 2.43. The van der Waals surface area contributed by atoms with Gasteiger partial charge in [-0.05, 0) is 74.5 Å². The third-order valence-corrected chi connectivity index (χ3v) is 7.53. The Bertz CT molecular complexity index is 397. The van der Waals surface area contributed by atoms with Gasteiger partial charge in [-0.15, -0.1) is 0 Å². The summed E-state index contributed by atoms with van der Waals surface area (Å²) in [6.07, 6.45) is 17.1. The largest absolute Gasteiger partial charge is 0.508 e. The van der Waals surface area contributed by atoms with Crippen molar-refractivity contribution in [3.05, 3.63) is 0 Å². The Kier molecular flexibility index (Phi) is 6.10. The van der Waals surface area contributed by atoms with Gasteiger partial charge in [0.1, 0.15) is 6.10 Å². The maximum Gasteiger partial charge on any atom is 0.508 e. The van der Waals surface area contributed by atoms with Gasteiger partial charge in [0.2, 0.25) is 0 Å². The molecular weight excluding hydrogens is 300 g/mol. The van der Waals surface area contributed by atoms with E-state index in [1.54, 1.807) is 0 Å². The van der Waals surface area contributed by atoms with Crippen molar-refractivity contribution in [2.45, 2.75) is 96.5 Å². The van der Waals surface area contributed by atoms with Crippen LogP contribution in [0, 0.1) is 23.2 Å². The van der Waals surface area contributed by atoms with Gasteiger partial charge < -0.3 is 9.47 Å². The standard InChI is InChI=1S/C21H36O3/c1-16-6-8-17(9-7-16)21(14-4-3-5-15-21)18-10-12-19(13-11-18)24-20(22)23-2/h16-19H,3-15H2,1-2H3. The zero-order chi connectivity index (χ0) is 17.0. The first-order chi connectivity index (χ1) is 11.6. The summed E-state index contributed by atoms with van der Waals surface area (Å²) in [5, 5.41) is 0. The summed E-state index contributed by atoms with van der Waals surface area (Å²) < 4.78 is 10.1. The molecule has 0 atom stereocenters. The zero-order valence-corrected chi connectivity index (χ0v) is 15.7. The molecule has 0 saturated heterocycles. The molecule has 3 rings (SSSR count). The highest BCUT2D eigenvalue weighted by Gasteiger charge is 2.47. The number of rotatable bonds is 3. The molecule has 0 N–H and O–H groups in total. The van der Waals surface area contributed by atoms with E-state index in [1.165, 1.54) is 77.7 Å². The molecule has 0 heterocycles. The fourth-order valence-corrected chi connectivity index (χ4v) is 6.13. The number of hydrogen-bond donors (Lipinski definition) is 0. The third-order valence-electron chi connectivity index (χ3n) is 7.53. The Hall–Kier alpha value is -0.730. The van der Waals surface area contributed by atoms with Crippen LogP contribution in [-0.4, -0.2) is 19.4 Å². The fourth-order valence-electron chi connectivity index (χ4n) is 6.13. The van der Waals surface area contributed by atoms with Crippen LogP contribution in [0.25, 0.3) is 0 Å². The van der Waals surface area contributed by atoms with Crippen LogP contribution >= 0.6 is 0 Å². The minimum atomic E-state index is -0.507. The first kappa shape index (κ1) is 18.1. The van der Waals surface area contributed by atoms with Crippen molar-refractivity contribution < 1.29 is 14.3 Å². The molecule has 0 bridgehead atoms. The highest BCUT2D eigenvalue weighted by molar-refractivity contribution is 5.59. The van der Waals surface area contributed by atoms with E-state index in [9.17, 15) is 4.79 Å². The van der Waals surface area contributed by atoms with Gasteiger partial charge in [-0.1, -0.05) is 39.0 Å².